The van der Waals surface area contributed by atoms with Crippen molar-refractivity contribution in [2.24, 2.45) is 5.41 Å². The number of hydrogen-bond acceptors (Lipinski definition) is 3. The Bertz CT molecular complexity index is 2700. The molecule has 0 N–H and O–H groups in total. The van der Waals surface area contributed by atoms with E-state index in [1.54, 1.807) is 32.9 Å². The molecular formula is C49H46IrN2OSi-2. The molecule has 1 radical (unpaired) electrons. The van der Waals surface area contributed by atoms with E-state index >= 15 is 0 Å². The van der Waals surface area contributed by atoms with Crippen LogP contribution in [0.25, 0.3) is 66.7 Å². The van der Waals surface area contributed by atoms with Crippen LogP contribution < -0.4 is 5.19 Å². The molecule has 8 rings (SSSR count). The zero-order valence-electron chi connectivity index (χ0n) is 36.4. The van der Waals surface area contributed by atoms with Gasteiger partial charge in [-0.15, -0.1) is 48.0 Å². The molecule has 0 aliphatic rings. The van der Waals surface area contributed by atoms with Crippen molar-refractivity contribution in [3.8, 4) is 44.8 Å². The standard InChI is InChI=1S/C29H26NO.C20H20NSi.Ir/c1-19-18-30-26(15-22(19)17-29(2,3)4)25-12-8-11-24-23-14-13-21(16-27(23)31-28(24)25)20-9-6-5-7-10-20;1-22(2,3)17-13-14-20(21-15-17)19-12-8-7-11-18(19)16-9-5-4-6-10-16;/h5-11,13-16,18H,17H2,1-4H3;4-11,13-15H,1-3H3;/q2*-1;/i1D3,17D2;;. The van der Waals surface area contributed by atoms with Crippen molar-refractivity contribution in [3.05, 3.63) is 163 Å². The molecule has 0 aliphatic carbocycles. The molecule has 3 nitrogen and oxygen atoms in total. The van der Waals surface area contributed by atoms with E-state index in [0.29, 0.717) is 16.8 Å². The third kappa shape index (κ3) is 8.71. The molecule has 5 heteroatoms. The van der Waals surface area contributed by atoms with Gasteiger partial charge in [-0.2, -0.15) is 0 Å². The Balaban J connectivity index is 0.000000218. The van der Waals surface area contributed by atoms with E-state index in [0.717, 1.165) is 38.7 Å². The number of nitrogens with zero attached hydrogens (tertiary/aromatic N) is 2. The summed E-state index contributed by atoms with van der Waals surface area (Å²) in [5.74, 6) is 0. The van der Waals surface area contributed by atoms with Gasteiger partial charge in [0.25, 0.3) is 0 Å². The predicted molar refractivity (Wildman–Crippen MR) is 226 cm³/mol. The molecule has 3 heterocycles. The van der Waals surface area contributed by atoms with Gasteiger partial charge in [0.2, 0.25) is 0 Å². The van der Waals surface area contributed by atoms with Crippen LogP contribution >= 0.6 is 0 Å². The van der Waals surface area contributed by atoms with Crippen molar-refractivity contribution in [1.82, 2.24) is 9.97 Å². The van der Waals surface area contributed by atoms with E-state index in [2.05, 4.69) is 85.3 Å². The summed E-state index contributed by atoms with van der Waals surface area (Å²) < 4.78 is 47.8. The summed E-state index contributed by atoms with van der Waals surface area (Å²) in [5.41, 5.74) is 8.01. The number of hydrogen-bond donors (Lipinski definition) is 0. The van der Waals surface area contributed by atoms with E-state index in [-0.39, 0.29) is 31.2 Å². The number of aromatic nitrogens is 2. The monoisotopic (exact) mass is 904 g/mol. The molecule has 0 fully saturated rings. The molecule has 0 amide bonds. The molecule has 0 saturated heterocycles. The molecule has 0 aliphatic heterocycles. The van der Waals surface area contributed by atoms with Crippen LogP contribution in [0.15, 0.2) is 144 Å². The minimum Gasteiger partial charge on any atom is -0.501 e. The van der Waals surface area contributed by atoms with Gasteiger partial charge >= 0.3 is 0 Å². The molecule has 54 heavy (non-hydrogen) atoms. The maximum atomic E-state index is 8.81. The van der Waals surface area contributed by atoms with E-state index < -0.39 is 26.7 Å². The second kappa shape index (κ2) is 16.2. The summed E-state index contributed by atoms with van der Waals surface area (Å²) in [4.78, 5) is 9.14. The predicted octanol–water partition coefficient (Wildman–Crippen LogP) is 12.8. The van der Waals surface area contributed by atoms with Gasteiger partial charge in [-0.3, -0.25) is 0 Å². The summed E-state index contributed by atoms with van der Waals surface area (Å²) in [6, 6.07) is 48.9. The first-order valence-corrected chi connectivity index (χ1v) is 21.4. The van der Waals surface area contributed by atoms with Gasteiger partial charge < -0.3 is 14.4 Å². The van der Waals surface area contributed by atoms with Crippen LogP contribution in [0.5, 0.6) is 0 Å². The molecule has 0 unspecified atom stereocenters. The Morgan fingerprint density at radius 1 is 0.685 bits per heavy atom. The van der Waals surface area contributed by atoms with Crippen LogP contribution in [0.1, 0.15) is 38.8 Å². The normalized spacial score (nSPS) is 13.4. The van der Waals surface area contributed by atoms with Crippen molar-refractivity contribution in [2.75, 3.05) is 0 Å². The summed E-state index contributed by atoms with van der Waals surface area (Å²) in [6.45, 7) is 9.80. The van der Waals surface area contributed by atoms with Crippen molar-refractivity contribution >= 4 is 35.2 Å². The number of aryl methyl sites for hydroxylation is 1. The van der Waals surface area contributed by atoms with Crippen molar-refractivity contribution < 1.29 is 31.4 Å². The van der Waals surface area contributed by atoms with Gasteiger partial charge in [0.1, 0.15) is 5.58 Å². The van der Waals surface area contributed by atoms with Crippen LogP contribution in [0.2, 0.25) is 19.6 Å². The Morgan fingerprint density at radius 2 is 1.39 bits per heavy atom. The van der Waals surface area contributed by atoms with Crippen LogP contribution in [0.4, 0.5) is 0 Å². The second-order valence-corrected chi connectivity index (χ2v) is 20.3. The largest absolute Gasteiger partial charge is 0.501 e. The average molecular weight is 904 g/mol. The van der Waals surface area contributed by atoms with Crippen molar-refractivity contribution in [2.45, 2.75) is 53.6 Å². The third-order valence-electron chi connectivity index (χ3n) is 9.04. The van der Waals surface area contributed by atoms with Crippen molar-refractivity contribution in [3.63, 3.8) is 0 Å². The molecule has 3 aromatic heterocycles. The van der Waals surface area contributed by atoms with Crippen LogP contribution in [-0.4, -0.2) is 18.0 Å². The van der Waals surface area contributed by atoms with Crippen LogP contribution in [-0.2, 0) is 26.5 Å². The summed E-state index contributed by atoms with van der Waals surface area (Å²) in [5, 5.41) is 3.22. The summed E-state index contributed by atoms with van der Waals surface area (Å²) >= 11 is 0. The van der Waals surface area contributed by atoms with Gasteiger partial charge in [-0.25, -0.2) is 0 Å². The van der Waals surface area contributed by atoms with E-state index in [9.17, 15) is 0 Å². The fourth-order valence-electron chi connectivity index (χ4n) is 6.33. The first kappa shape index (κ1) is 32.5. The van der Waals surface area contributed by atoms with Crippen LogP contribution in [0.3, 0.4) is 0 Å². The minimum absolute atomic E-state index is 0. The zero-order valence-corrected chi connectivity index (χ0v) is 34.8. The molecular weight excluding hydrogens is 853 g/mol. The molecule has 0 saturated carbocycles. The van der Waals surface area contributed by atoms with Gasteiger partial charge in [-0.1, -0.05) is 159 Å². The first-order valence-electron chi connectivity index (χ1n) is 20.4. The molecule has 8 aromatic rings. The number of fused-ring (bicyclic) bond motifs is 3. The van der Waals surface area contributed by atoms with Gasteiger partial charge in [0.15, 0.2) is 0 Å². The molecule has 0 spiro atoms. The number of furan rings is 1. The Kier molecular flexibility index (Phi) is 9.75. The SMILES string of the molecule is C[Si](C)(C)c1ccc(-c2[c-]cccc2-c2ccccc2)nc1.[2H]C([2H])([2H])c1cnc(-c2[c-]ccc3c2oc2cc(-c4ccccc4)ccc23)cc1C([2H])([2H])C(C)(C)C.[Ir]. The van der Waals surface area contributed by atoms with Crippen molar-refractivity contribution in [1.29, 1.82) is 0 Å². The van der Waals surface area contributed by atoms with E-state index in [1.165, 1.54) is 22.5 Å². The first-order chi connectivity index (χ1) is 27.4. The van der Waals surface area contributed by atoms with Gasteiger partial charge in [-0.05, 0) is 58.0 Å². The van der Waals surface area contributed by atoms with E-state index in [4.69, 9.17) is 16.3 Å². The second-order valence-electron chi connectivity index (χ2n) is 15.3. The fourth-order valence-corrected chi connectivity index (χ4v) is 7.37. The molecule has 0 bridgehead atoms. The topological polar surface area (TPSA) is 38.9 Å². The number of benzene rings is 5. The molecule has 0 atom stereocenters. The van der Waals surface area contributed by atoms with Gasteiger partial charge in [0.05, 0.1) is 13.7 Å². The van der Waals surface area contributed by atoms with Gasteiger partial charge in [0, 0.05) is 44.7 Å². The Labute approximate surface area is 341 Å². The smallest absolute Gasteiger partial charge is 0.121 e. The Morgan fingerprint density at radius 3 is 2.06 bits per heavy atom. The zero-order chi connectivity index (χ0) is 41.5. The fraction of sp³-hybridized carbons (Fsp3) is 0.184. The molecule has 273 valence electrons. The maximum absolute atomic E-state index is 8.81. The minimum atomic E-state index is -2.50. The van der Waals surface area contributed by atoms with E-state index in [1.807, 2.05) is 72.9 Å². The Hall–Kier alpha value is -4.93. The summed E-state index contributed by atoms with van der Waals surface area (Å²) in [7, 11) is -1.31. The number of pyridine rings is 2. The summed E-state index contributed by atoms with van der Waals surface area (Å²) in [6.07, 6.45) is 1.39. The third-order valence-corrected chi connectivity index (χ3v) is 11.1. The molecule has 5 aromatic carbocycles. The maximum Gasteiger partial charge on any atom is 0.121 e. The number of rotatable bonds is 6. The average Bonchev–Trinajstić information content (AvgIpc) is 3.59. The quantitative estimate of drug-likeness (QED) is 0.123. The van der Waals surface area contributed by atoms with Crippen LogP contribution in [0, 0.1) is 24.4 Å².